The Balaban J connectivity index is 1.50. The van der Waals surface area contributed by atoms with Crippen molar-refractivity contribution >= 4 is 5.97 Å². The van der Waals surface area contributed by atoms with Gasteiger partial charge in [-0.05, 0) is 80.5 Å². The molecular weight excluding hydrogens is 328 g/mol. The number of allylic oxidation sites excluding steroid dienone is 1. The van der Waals surface area contributed by atoms with Crippen LogP contribution in [-0.2, 0) is 9.53 Å². The van der Waals surface area contributed by atoms with E-state index in [9.17, 15) is 15.0 Å². The van der Waals surface area contributed by atoms with Gasteiger partial charge in [-0.15, -0.1) is 0 Å². The number of hydrogen-bond donors (Lipinski definition) is 2. The molecule has 26 heavy (non-hydrogen) atoms. The molecule has 0 amide bonds. The van der Waals surface area contributed by atoms with Crippen molar-refractivity contribution in [2.75, 3.05) is 0 Å². The van der Waals surface area contributed by atoms with Gasteiger partial charge in [-0.1, -0.05) is 25.5 Å². The molecule has 4 fully saturated rings. The average molecular weight is 360 g/mol. The maximum atomic E-state index is 12.2. The molecule has 4 nitrogen and oxygen atoms in total. The molecule has 0 bridgehead atoms. The minimum absolute atomic E-state index is 0.0165. The number of rotatable bonds is 0. The van der Waals surface area contributed by atoms with E-state index in [1.165, 1.54) is 5.57 Å². The molecule has 0 aromatic carbocycles. The van der Waals surface area contributed by atoms with Crippen LogP contribution in [0.15, 0.2) is 11.6 Å². The van der Waals surface area contributed by atoms with Crippen molar-refractivity contribution in [1.82, 2.24) is 0 Å². The highest BCUT2D eigenvalue weighted by molar-refractivity contribution is 5.82. The Morgan fingerprint density at radius 1 is 1.15 bits per heavy atom. The lowest BCUT2D eigenvalue weighted by molar-refractivity contribution is -0.159. The molecule has 5 rings (SSSR count). The Kier molecular flexibility index (Phi) is 3.41. The van der Waals surface area contributed by atoms with Crippen LogP contribution in [0.4, 0.5) is 0 Å². The minimum Gasteiger partial charge on any atom is -0.460 e. The maximum absolute atomic E-state index is 12.2. The molecule has 4 aliphatic carbocycles. The molecule has 0 aromatic rings. The number of hydrogen-bond acceptors (Lipinski definition) is 4. The van der Waals surface area contributed by atoms with Crippen LogP contribution in [0.1, 0.15) is 65.7 Å². The van der Waals surface area contributed by atoms with Crippen molar-refractivity contribution in [2.45, 2.75) is 83.5 Å². The lowest BCUT2D eigenvalue weighted by Gasteiger charge is -2.58. The predicted molar refractivity (Wildman–Crippen MR) is 97.1 cm³/mol. The van der Waals surface area contributed by atoms with E-state index in [4.69, 9.17) is 4.74 Å². The van der Waals surface area contributed by atoms with Crippen LogP contribution in [0.2, 0.25) is 0 Å². The number of fused-ring (bicyclic) bond motifs is 7. The fraction of sp³-hybridized carbons (Fsp3) is 0.864. The largest absolute Gasteiger partial charge is 0.460 e. The van der Waals surface area contributed by atoms with E-state index in [1.54, 1.807) is 6.92 Å². The van der Waals surface area contributed by atoms with Crippen molar-refractivity contribution < 1.29 is 19.7 Å². The summed E-state index contributed by atoms with van der Waals surface area (Å²) in [5, 5.41) is 21.0. The normalized spacial score (nSPS) is 58.2. The molecular formula is C22H32O4. The lowest BCUT2D eigenvalue weighted by atomic mass is 9.47. The van der Waals surface area contributed by atoms with Crippen LogP contribution in [-0.4, -0.2) is 34.0 Å². The van der Waals surface area contributed by atoms with E-state index in [0.717, 1.165) is 44.9 Å². The molecule has 1 heterocycles. The fourth-order valence-corrected chi connectivity index (χ4v) is 8.13. The second-order valence-corrected chi connectivity index (χ2v) is 10.5. The van der Waals surface area contributed by atoms with Crippen molar-refractivity contribution in [3.63, 3.8) is 0 Å². The number of carbonyl (C=O) groups is 1. The standard InChI is InChI=1S/C22H32O4/c1-20-8-6-13(23)10-12(20)4-5-14-15(20)7-9-21(2)16(14)11-17-18(21)22(3,25)19(24)26-17/h4,13-18,23,25H,5-11H2,1-3H3/t13-,14+,15-,16-,17-,18-,20-,21-,22+/m0/s1. The first-order chi connectivity index (χ1) is 12.2. The molecule has 1 saturated heterocycles. The highest BCUT2D eigenvalue weighted by Crippen LogP contribution is 2.69. The topological polar surface area (TPSA) is 66.8 Å². The number of aliphatic hydroxyl groups is 2. The first kappa shape index (κ1) is 17.2. The summed E-state index contributed by atoms with van der Waals surface area (Å²) in [5.41, 5.74) is 0.352. The summed E-state index contributed by atoms with van der Waals surface area (Å²) >= 11 is 0. The van der Waals surface area contributed by atoms with Crippen molar-refractivity contribution in [3.8, 4) is 0 Å². The second-order valence-electron chi connectivity index (χ2n) is 10.5. The molecule has 0 spiro atoms. The van der Waals surface area contributed by atoms with Crippen molar-refractivity contribution in [2.24, 2.45) is 34.5 Å². The van der Waals surface area contributed by atoms with Gasteiger partial charge in [0.15, 0.2) is 5.60 Å². The van der Waals surface area contributed by atoms with E-state index >= 15 is 0 Å². The van der Waals surface area contributed by atoms with E-state index in [2.05, 4.69) is 19.9 Å². The summed E-state index contributed by atoms with van der Waals surface area (Å²) in [7, 11) is 0. The first-order valence-electron chi connectivity index (χ1n) is 10.5. The molecule has 144 valence electrons. The summed E-state index contributed by atoms with van der Waals surface area (Å²) in [6.45, 7) is 6.40. The smallest absolute Gasteiger partial charge is 0.338 e. The minimum atomic E-state index is -1.34. The average Bonchev–Trinajstić information content (AvgIpc) is 2.99. The maximum Gasteiger partial charge on any atom is 0.338 e. The van der Waals surface area contributed by atoms with Crippen LogP contribution in [0.5, 0.6) is 0 Å². The monoisotopic (exact) mass is 360 g/mol. The summed E-state index contributed by atoms with van der Waals surface area (Å²) in [4.78, 5) is 12.2. The van der Waals surface area contributed by atoms with E-state index in [0.29, 0.717) is 17.8 Å². The Labute approximate surface area is 156 Å². The molecule has 5 aliphatic rings. The molecule has 4 heteroatoms. The van der Waals surface area contributed by atoms with Crippen LogP contribution in [0, 0.1) is 34.5 Å². The van der Waals surface area contributed by atoms with Gasteiger partial charge in [-0.3, -0.25) is 0 Å². The highest BCUT2D eigenvalue weighted by Gasteiger charge is 2.70. The fourth-order valence-electron chi connectivity index (χ4n) is 8.13. The molecule has 2 N–H and O–H groups in total. The highest BCUT2D eigenvalue weighted by atomic mass is 16.6. The van der Waals surface area contributed by atoms with Gasteiger partial charge in [-0.25, -0.2) is 4.79 Å². The molecule has 1 aliphatic heterocycles. The number of esters is 1. The third kappa shape index (κ3) is 1.95. The van der Waals surface area contributed by atoms with Gasteiger partial charge in [0.25, 0.3) is 0 Å². The molecule has 0 aromatic heterocycles. The van der Waals surface area contributed by atoms with E-state index < -0.39 is 11.6 Å². The van der Waals surface area contributed by atoms with Crippen LogP contribution in [0.3, 0.4) is 0 Å². The van der Waals surface area contributed by atoms with Crippen LogP contribution >= 0.6 is 0 Å². The molecule has 3 saturated carbocycles. The Morgan fingerprint density at radius 3 is 2.69 bits per heavy atom. The Bertz CT molecular complexity index is 682. The Morgan fingerprint density at radius 2 is 1.92 bits per heavy atom. The van der Waals surface area contributed by atoms with Gasteiger partial charge in [0.05, 0.1) is 6.10 Å². The van der Waals surface area contributed by atoms with E-state index in [-0.39, 0.29) is 29.0 Å². The zero-order chi connectivity index (χ0) is 18.5. The first-order valence-corrected chi connectivity index (χ1v) is 10.5. The molecule has 0 unspecified atom stereocenters. The van der Waals surface area contributed by atoms with Gasteiger partial charge < -0.3 is 14.9 Å². The lowest BCUT2D eigenvalue weighted by Crippen LogP contribution is -2.53. The summed E-state index contributed by atoms with van der Waals surface area (Å²) in [6.07, 6.45) is 9.21. The SMILES string of the molecule is C[C@]12CC[C@H]3[C@@H](CC=C4C[C@@H](O)CC[C@@]43C)[C@@H]1C[C@@H]1OC(=O)[C@](C)(O)[C@@H]12. The summed E-state index contributed by atoms with van der Waals surface area (Å²) in [6, 6.07) is 0. The zero-order valence-corrected chi connectivity index (χ0v) is 16.2. The third-order valence-electron chi connectivity index (χ3n) is 9.36. The number of ether oxygens (including phenoxy) is 1. The van der Waals surface area contributed by atoms with Crippen LogP contribution in [0.25, 0.3) is 0 Å². The van der Waals surface area contributed by atoms with Gasteiger partial charge >= 0.3 is 5.97 Å². The van der Waals surface area contributed by atoms with E-state index in [1.807, 2.05) is 0 Å². The van der Waals surface area contributed by atoms with Crippen LogP contribution < -0.4 is 0 Å². The van der Waals surface area contributed by atoms with Gasteiger partial charge in [0.2, 0.25) is 0 Å². The Hall–Kier alpha value is -0.870. The quantitative estimate of drug-likeness (QED) is 0.514. The second kappa shape index (κ2) is 5.14. The number of aliphatic hydroxyl groups excluding tert-OH is 1. The van der Waals surface area contributed by atoms with Crippen molar-refractivity contribution in [1.29, 1.82) is 0 Å². The molecule has 0 radical (unpaired) electrons. The number of carbonyl (C=O) groups excluding carboxylic acids is 1. The summed E-state index contributed by atoms with van der Waals surface area (Å²) in [5.74, 6) is 1.29. The van der Waals surface area contributed by atoms with Gasteiger partial charge in [0.1, 0.15) is 6.10 Å². The van der Waals surface area contributed by atoms with Gasteiger partial charge in [0, 0.05) is 5.92 Å². The zero-order valence-electron chi connectivity index (χ0n) is 16.2. The van der Waals surface area contributed by atoms with Gasteiger partial charge in [-0.2, -0.15) is 0 Å². The third-order valence-corrected chi connectivity index (χ3v) is 9.36. The molecule has 9 atom stereocenters. The van der Waals surface area contributed by atoms with Crippen molar-refractivity contribution in [3.05, 3.63) is 11.6 Å². The summed E-state index contributed by atoms with van der Waals surface area (Å²) < 4.78 is 5.65. The predicted octanol–water partition coefficient (Wildman–Crippen LogP) is 3.21.